The summed E-state index contributed by atoms with van der Waals surface area (Å²) in [5, 5.41) is 10.3. The molecule has 1 atom stereocenters. The molecular weight excluding hydrogens is 296 g/mol. The highest BCUT2D eigenvalue weighted by Crippen LogP contribution is 2.21. The maximum Gasteiger partial charge on any atom is 0.216 e. The number of carbonyl (C=O) groups is 1. The number of morpholine rings is 1. The van der Waals surface area contributed by atoms with E-state index in [4.69, 9.17) is 4.74 Å². The number of hydrogen-bond acceptors (Lipinski definition) is 4. The molecule has 1 saturated heterocycles. The first-order valence-electron chi connectivity index (χ1n) is 7.98. The van der Waals surface area contributed by atoms with Gasteiger partial charge in [0.15, 0.2) is 5.96 Å². The summed E-state index contributed by atoms with van der Waals surface area (Å²) in [5.41, 5.74) is 1.08. The second kappa shape index (κ2) is 8.52. The van der Waals surface area contributed by atoms with Gasteiger partial charge in [0.2, 0.25) is 5.91 Å². The van der Waals surface area contributed by atoms with Crippen molar-refractivity contribution >= 4 is 11.9 Å². The summed E-state index contributed by atoms with van der Waals surface area (Å²) in [4.78, 5) is 17.7. The van der Waals surface area contributed by atoms with E-state index in [1.807, 2.05) is 26.4 Å². The average Bonchev–Trinajstić information content (AvgIpc) is 2.97. The van der Waals surface area contributed by atoms with Crippen LogP contribution in [0.1, 0.15) is 25.5 Å². The first-order chi connectivity index (χ1) is 11.1. The van der Waals surface area contributed by atoms with E-state index in [2.05, 4.69) is 25.6 Å². The van der Waals surface area contributed by atoms with E-state index in [1.165, 1.54) is 6.92 Å². The van der Waals surface area contributed by atoms with E-state index in [0.29, 0.717) is 19.7 Å². The van der Waals surface area contributed by atoms with Gasteiger partial charge in [-0.2, -0.15) is 5.10 Å². The zero-order valence-electron chi connectivity index (χ0n) is 14.1. The standard InChI is InChI=1S/C15H26N6O2/c1-4-16-15(18-6-5-17-12(2)22)21-7-8-23-14(11-21)13-9-19-20(3)10-13/h9-10,14H,4-8,11H2,1-3H3,(H,16,18)(H,17,22). The molecule has 0 spiro atoms. The number of aliphatic imine (C=N–C) groups is 1. The van der Waals surface area contributed by atoms with Crippen molar-refractivity contribution in [1.29, 1.82) is 0 Å². The minimum atomic E-state index is -0.0341. The highest BCUT2D eigenvalue weighted by atomic mass is 16.5. The minimum Gasteiger partial charge on any atom is -0.370 e. The second-order valence-corrected chi connectivity index (χ2v) is 5.47. The van der Waals surface area contributed by atoms with Gasteiger partial charge in [-0.25, -0.2) is 0 Å². The van der Waals surface area contributed by atoms with Gasteiger partial charge in [-0.05, 0) is 6.92 Å². The van der Waals surface area contributed by atoms with E-state index >= 15 is 0 Å². The number of guanidine groups is 1. The Bertz CT molecular complexity index is 542. The van der Waals surface area contributed by atoms with Crippen molar-refractivity contribution in [3.05, 3.63) is 18.0 Å². The summed E-state index contributed by atoms with van der Waals surface area (Å²) in [6.45, 7) is 7.62. The van der Waals surface area contributed by atoms with Crippen molar-refractivity contribution < 1.29 is 9.53 Å². The SMILES string of the molecule is CCNC(=NCCNC(C)=O)N1CCOC(c2cnn(C)c2)C1. The van der Waals surface area contributed by atoms with Crippen LogP contribution in [0, 0.1) is 0 Å². The molecule has 0 aliphatic carbocycles. The molecule has 1 aromatic heterocycles. The summed E-state index contributed by atoms with van der Waals surface area (Å²) in [6.07, 6.45) is 3.82. The number of amides is 1. The summed E-state index contributed by atoms with van der Waals surface area (Å²) < 4.78 is 7.64. The molecule has 2 rings (SSSR count). The molecule has 1 fully saturated rings. The molecule has 8 heteroatoms. The monoisotopic (exact) mass is 322 g/mol. The first-order valence-corrected chi connectivity index (χ1v) is 7.98. The molecule has 2 heterocycles. The molecule has 1 aliphatic rings. The van der Waals surface area contributed by atoms with Gasteiger partial charge in [0.25, 0.3) is 0 Å². The minimum absolute atomic E-state index is 0.00310. The summed E-state index contributed by atoms with van der Waals surface area (Å²) in [5.74, 6) is 0.822. The normalized spacial score (nSPS) is 18.8. The van der Waals surface area contributed by atoms with Crippen LogP contribution in [0.3, 0.4) is 0 Å². The topological polar surface area (TPSA) is 83.8 Å². The molecule has 128 valence electrons. The third-order valence-electron chi connectivity index (χ3n) is 3.54. The lowest BCUT2D eigenvalue weighted by Crippen LogP contribution is -2.48. The number of aromatic nitrogens is 2. The number of rotatable bonds is 5. The molecule has 1 amide bonds. The Kier molecular flexibility index (Phi) is 6.40. The molecule has 0 radical (unpaired) electrons. The molecule has 2 N–H and O–H groups in total. The molecule has 0 aromatic carbocycles. The highest BCUT2D eigenvalue weighted by Gasteiger charge is 2.25. The highest BCUT2D eigenvalue weighted by molar-refractivity contribution is 5.80. The van der Waals surface area contributed by atoms with Gasteiger partial charge in [-0.1, -0.05) is 0 Å². The van der Waals surface area contributed by atoms with Gasteiger partial charge in [0, 0.05) is 45.4 Å². The third kappa shape index (κ3) is 5.24. The van der Waals surface area contributed by atoms with Crippen LogP contribution in [0.25, 0.3) is 0 Å². The lowest BCUT2D eigenvalue weighted by Gasteiger charge is -2.34. The van der Waals surface area contributed by atoms with Crippen molar-refractivity contribution in [2.75, 3.05) is 39.3 Å². The van der Waals surface area contributed by atoms with Crippen LogP contribution in [-0.4, -0.2) is 65.9 Å². The van der Waals surface area contributed by atoms with Gasteiger partial charge in [0.1, 0.15) is 6.10 Å². The van der Waals surface area contributed by atoms with Crippen LogP contribution >= 0.6 is 0 Å². The number of nitrogens with one attached hydrogen (secondary N) is 2. The number of ether oxygens (including phenoxy) is 1. The van der Waals surface area contributed by atoms with Gasteiger partial charge >= 0.3 is 0 Å². The fraction of sp³-hybridized carbons (Fsp3) is 0.667. The Morgan fingerprint density at radius 1 is 1.52 bits per heavy atom. The van der Waals surface area contributed by atoms with Gasteiger partial charge < -0.3 is 20.3 Å². The van der Waals surface area contributed by atoms with E-state index in [-0.39, 0.29) is 12.0 Å². The third-order valence-corrected chi connectivity index (χ3v) is 3.54. The van der Waals surface area contributed by atoms with Crippen molar-refractivity contribution in [3.8, 4) is 0 Å². The van der Waals surface area contributed by atoms with Crippen LogP contribution in [0.15, 0.2) is 17.4 Å². The molecule has 0 saturated carbocycles. The Balaban J connectivity index is 1.97. The van der Waals surface area contributed by atoms with Gasteiger partial charge in [0.05, 0.1) is 25.9 Å². The fourth-order valence-electron chi connectivity index (χ4n) is 2.47. The maximum atomic E-state index is 10.9. The number of carbonyl (C=O) groups excluding carboxylic acids is 1. The van der Waals surface area contributed by atoms with Crippen LogP contribution in [0.5, 0.6) is 0 Å². The molecule has 0 bridgehead atoms. The number of nitrogens with zero attached hydrogens (tertiary/aromatic N) is 4. The zero-order valence-corrected chi connectivity index (χ0v) is 14.1. The largest absolute Gasteiger partial charge is 0.370 e. The molecule has 1 aromatic rings. The van der Waals surface area contributed by atoms with Crippen LogP contribution in [-0.2, 0) is 16.6 Å². The quantitative estimate of drug-likeness (QED) is 0.449. The summed E-state index contributed by atoms with van der Waals surface area (Å²) >= 11 is 0. The first kappa shape index (κ1) is 17.3. The Morgan fingerprint density at radius 3 is 3.00 bits per heavy atom. The van der Waals surface area contributed by atoms with E-state index in [1.54, 1.807) is 4.68 Å². The Morgan fingerprint density at radius 2 is 2.35 bits per heavy atom. The van der Waals surface area contributed by atoms with Gasteiger partial charge in [-0.3, -0.25) is 14.5 Å². The Hall–Kier alpha value is -2.09. The predicted molar refractivity (Wildman–Crippen MR) is 88.1 cm³/mol. The Labute approximate surface area is 136 Å². The van der Waals surface area contributed by atoms with Crippen molar-refractivity contribution in [3.63, 3.8) is 0 Å². The number of aryl methyl sites for hydroxylation is 1. The molecule has 8 nitrogen and oxygen atoms in total. The van der Waals surface area contributed by atoms with Crippen LogP contribution in [0.2, 0.25) is 0 Å². The zero-order chi connectivity index (χ0) is 16.7. The average molecular weight is 322 g/mol. The lowest BCUT2D eigenvalue weighted by molar-refractivity contribution is -0.118. The van der Waals surface area contributed by atoms with Crippen molar-refractivity contribution in [2.45, 2.75) is 20.0 Å². The predicted octanol–water partition coefficient (Wildman–Crippen LogP) is -0.105. The maximum absolute atomic E-state index is 10.9. The van der Waals surface area contributed by atoms with Gasteiger partial charge in [-0.15, -0.1) is 0 Å². The summed E-state index contributed by atoms with van der Waals surface area (Å²) in [6, 6.07) is 0. The van der Waals surface area contributed by atoms with E-state index in [0.717, 1.165) is 31.2 Å². The molecule has 1 aliphatic heterocycles. The molecule has 23 heavy (non-hydrogen) atoms. The number of hydrogen-bond donors (Lipinski definition) is 2. The van der Waals surface area contributed by atoms with Crippen LogP contribution in [0.4, 0.5) is 0 Å². The van der Waals surface area contributed by atoms with Crippen molar-refractivity contribution in [2.24, 2.45) is 12.0 Å². The lowest BCUT2D eigenvalue weighted by atomic mass is 10.1. The fourth-order valence-corrected chi connectivity index (χ4v) is 2.47. The van der Waals surface area contributed by atoms with E-state index < -0.39 is 0 Å². The summed E-state index contributed by atoms with van der Waals surface area (Å²) in [7, 11) is 1.90. The van der Waals surface area contributed by atoms with E-state index in [9.17, 15) is 4.79 Å². The molecule has 1 unspecified atom stereocenters. The van der Waals surface area contributed by atoms with Crippen LogP contribution < -0.4 is 10.6 Å². The van der Waals surface area contributed by atoms with Crippen molar-refractivity contribution in [1.82, 2.24) is 25.3 Å². The molecular formula is C15H26N6O2. The smallest absolute Gasteiger partial charge is 0.216 e. The second-order valence-electron chi connectivity index (χ2n) is 5.47.